The van der Waals surface area contributed by atoms with Gasteiger partial charge in [0, 0.05) is 44.6 Å². The minimum Gasteiger partial charge on any atom is -0.497 e. The topological polar surface area (TPSA) is 91.0 Å². The lowest BCUT2D eigenvalue weighted by atomic mass is 10.1. The zero-order chi connectivity index (χ0) is 23.2. The van der Waals surface area contributed by atoms with E-state index >= 15 is 0 Å². The molecule has 0 aromatic heterocycles. The Balaban J connectivity index is 2.36. The van der Waals surface area contributed by atoms with Crippen LogP contribution in [0.5, 0.6) is 5.75 Å². The first kappa shape index (κ1) is 24.3. The van der Waals surface area contributed by atoms with Gasteiger partial charge in [-0.1, -0.05) is 0 Å². The van der Waals surface area contributed by atoms with Gasteiger partial charge in [-0.2, -0.15) is 0 Å². The molecule has 0 aliphatic carbocycles. The average Bonchev–Trinajstić information content (AvgIpc) is 2.71. The summed E-state index contributed by atoms with van der Waals surface area (Å²) in [5, 5.41) is 2.83. The third-order valence-electron chi connectivity index (χ3n) is 4.74. The molecule has 0 atom stereocenters. The van der Waals surface area contributed by atoms with E-state index < -0.39 is 10.0 Å². The first-order valence-corrected chi connectivity index (χ1v) is 11.6. The van der Waals surface area contributed by atoms with E-state index in [0.717, 1.165) is 11.3 Å². The van der Waals surface area contributed by atoms with Crippen molar-refractivity contribution in [2.45, 2.75) is 38.3 Å². The van der Waals surface area contributed by atoms with Crippen molar-refractivity contribution in [2.24, 2.45) is 0 Å². The van der Waals surface area contributed by atoms with E-state index in [2.05, 4.69) is 10.0 Å². The van der Waals surface area contributed by atoms with Crippen molar-refractivity contribution in [3.8, 4) is 5.75 Å². The Kier molecular flexibility index (Phi) is 8.15. The number of hydrogen-bond donors (Lipinski definition) is 2. The van der Waals surface area contributed by atoms with Crippen LogP contribution in [0.3, 0.4) is 0 Å². The second kappa shape index (κ2) is 10.4. The molecular formula is C22H32N4O4S. The molecule has 0 aliphatic heterocycles. The Morgan fingerprint density at radius 1 is 1.10 bits per heavy atom. The number of anilines is 2. The number of benzene rings is 2. The highest BCUT2D eigenvalue weighted by Gasteiger charge is 2.20. The van der Waals surface area contributed by atoms with Crippen molar-refractivity contribution in [2.75, 3.05) is 37.4 Å². The molecule has 9 heteroatoms. The molecule has 2 aromatic carbocycles. The van der Waals surface area contributed by atoms with Crippen LogP contribution in [0.25, 0.3) is 0 Å². The molecule has 0 radical (unpaired) electrons. The van der Waals surface area contributed by atoms with E-state index in [1.807, 2.05) is 45.8 Å². The van der Waals surface area contributed by atoms with E-state index in [1.54, 1.807) is 29.2 Å². The molecule has 0 aliphatic rings. The van der Waals surface area contributed by atoms with Gasteiger partial charge in [0.2, 0.25) is 0 Å². The Morgan fingerprint density at radius 2 is 1.74 bits per heavy atom. The summed E-state index contributed by atoms with van der Waals surface area (Å²) >= 11 is 0. The molecule has 0 fully saturated rings. The van der Waals surface area contributed by atoms with Gasteiger partial charge in [-0.15, -0.1) is 0 Å². The maximum absolute atomic E-state index is 12.8. The zero-order valence-electron chi connectivity index (χ0n) is 19.0. The second-order valence-electron chi connectivity index (χ2n) is 7.58. The highest BCUT2D eigenvalue weighted by molar-refractivity contribution is 7.92. The van der Waals surface area contributed by atoms with Crippen molar-refractivity contribution in [1.82, 2.24) is 10.2 Å². The van der Waals surface area contributed by atoms with Gasteiger partial charge >= 0.3 is 6.03 Å². The van der Waals surface area contributed by atoms with Crippen LogP contribution in [0.2, 0.25) is 0 Å². The molecule has 0 spiro atoms. The SMILES string of the molecule is CCNC(=O)N(Cc1cc(NS(=O)(=O)c2ccc(OC)cc2)ccc1N(C)C)C(C)C. The van der Waals surface area contributed by atoms with Crippen molar-refractivity contribution in [3.05, 3.63) is 48.0 Å². The molecule has 2 N–H and O–H groups in total. The summed E-state index contributed by atoms with van der Waals surface area (Å²) in [6.07, 6.45) is 0. The molecule has 8 nitrogen and oxygen atoms in total. The molecule has 0 bridgehead atoms. The van der Waals surface area contributed by atoms with E-state index in [0.29, 0.717) is 24.5 Å². The van der Waals surface area contributed by atoms with Crippen LogP contribution < -0.4 is 19.7 Å². The number of ether oxygens (including phenoxy) is 1. The summed E-state index contributed by atoms with van der Waals surface area (Å²) in [5.74, 6) is 0.579. The Hall–Kier alpha value is -2.94. The lowest BCUT2D eigenvalue weighted by molar-refractivity contribution is 0.180. The largest absolute Gasteiger partial charge is 0.497 e. The van der Waals surface area contributed by atoms with Gasteiger partial charge < -0.3 is 19.9 Å². The van der Waals surface area contributed by atoms with Crippen LogP contribution in [0, 0.1) is 0 Å². The fourth-order valence-corrected chi connectivity index (χ4v) is 4.16. The number of sulfonamides is 1. The standard InChI is InChI=1S/C22H32N4O4S/c1-7-23-22(27)26(16(2)3)15-17-14-18(8-13-21(17)25(4)5)24-31(28,29)20-11-9-19(30-6)10-12-20/h8-14,16,24H,7,15H2,1-6H3,(H,23,27). The third kappa shape index (κ3) is 6.27. The predicted octanol–water partition coefficient (Wildman–Crippen LogP) is 3.50. The molecule has 0 saturated heterocycles. The van der Waals surface area contributed by atoms with Crippen LogP contribution >= 0.6 is 0 Å². The summed E-state index contributed by atoms with van der Waals surface area (Å²) in [6, 6.07) is 11.3. The summed E-state index contributed by atoms with van der Waals surface area (Å²) in [5.41, 5.74) is 2.17. The number of hydrogen-bond acceptors (Lipinski definition) is 5. The number of methoxy groups -OCH3 is 1. The molecule has 2 rings (SSSR count). The first-order chi connectivity index (χ1) is 14.6. The van der Waals surface area contributed by atoms with Crippen LogP contribution in [0.1, 0.15) is 26.3 Å². The minimum atomic E-state index is -3.77. The van der Waals surface area contributed by atoms with Crippen LogP contribution in [0.15, 0.2) is 47.4 Å². The van der Waals surface area contributed by atoms with E-state index in [9.17, 15) is 13.2 Å². The highest BCUT2D eigenvalue weighted by atomic mass is 32.2. The van der Waals surface area contributed by atoms with Crippen molar-refractivity contribution in [1.29, 1.82) is 0 Å². The lowest BCUT2D eigenvalue weighted by Crippen LogP contribution is -2.43. The van der Waals surface area contributed by atoms with Gasteiger partial charge in [0.25, 0.3) is 10.0 Å². The fourth-order valence-electron chi connectivity index (χ4n) is 3.11. The average molecular weight is 449 g/mol. The quantitative estimate of drug-likeness (QED) is 0.613. The summed E-state index contributed by atoms with van der Waals surface area (Å²) in [7, 11) is 1.57. The number of carbonyl (C=O) groups is 1. The molecule has 2 amide bonds. The van der Waals surface area contributed by atoms with Gasteiger partial charge in [0.15, 0.2) is 0 Å². The molecule has 170 valence electrons. The van der Waals surface area contributed by atoms with Gasteiger partial charge in [-0.25, -0.2) is 13.2 Å². The molecule has 2 aromatic rings. The zero-order valence-corrected chi connectivity index (χ0v) is 19.8. The molecule has 0 unspecified atom stereocenters. The van der Waals surface area contributed by atoms with Crippen molar-refractivity contribution in [3.63, 3.8) is 0 Å². The summed E-state index contributed by atoms with van der Waals surface area (Å²) in [4.78, 5) is 16.3. The van der Waals surface area contributed by atoms with Crippen molar-refractivity contribution >= 4 is 27.4 Å². The Morgan fingerprint density at radius 3 is 2.26 bits per heavy atom. The van der Waals surface area contributed by atoms with Gasteiger partial charge in [0.1, 0.15) is 5.75 Å². The third-order valence-corrected chi connectivity index (χ3v) is 6.13. The predicted molar refractivity (Wildman–Crippen MR) is 124 cm³/mol. The number of carbonyl (C=O) groups excluding carboxylic acids is 1. The smallest absolute Gasteiger partial charge is 0.317 e. The van der Waals surface area contributed by atoms with E-state index in [-0.39, 0.29) is 17.0 Å². The molecular weight excluding hydrogens is 416 g/mol. The Bertz CT molecular complexity index is 989. The Labute approximate surface area is 185 Å². The summed E-state index contributed by atoms with van der Waals surface area (Å²) < 4.78 is 33.4. The number of amides is 2. The summed E-state index contributed by atoms with van der Waals surface area (Å²) in [6.45, 7) is 6.64. The van der Waals surface area contributed by atoms with Crippen LogP contribution in [0.4, 0.5) is 16.2 Å². The molecule has 0 saturated carbocycles. The van der Waals surface area contributed by atoms with Crippen molar-refractivity contribution < 1.29 is 17.9 Å². The lowest BCUT2D eigenvalue weighted by Gasteiger charge is -2.29. The first-order valence-electron chi connectivity index (χ1n) is 10.1. The molecule has 0 heterocycles. The fraction of sp³-hybridized carbons (Fsp3) is 0.409. The normalized spacial score (nSPS) is 11.2. The van der Waals surface area contributed by atoms with Gasteiger partial charge in [-0.05, 0) is 68.8 Å². The van der Waals surface area contributed by atoms with E-state index in [1.165, 1.54) is 19.2 Å². The number of nitrogens with one attached hydrogen (secondary N) is 2. The minimum absolute atomic E-state index is 0.0267. The number of urea groups is 1. The maximum atomic E-state index is 12.8. The number of rotatable bonds is 9. The second-order valence-corrected chi connectivity index (χ2v) is 9.26. The van der Waals surface area contributed by atoms with E-state index in [4.69, 9.17) is 4.74 Å². The van der Waals surface area contributed by atoms with Crippen LogP contribution in [-0.4, -0.2) is 53.1 Å². The highest BCUT2D eigenvalue weighted by Crippen LogP contribution is 2.27. The maximum Gasteiger partial charge on any atom is 0.317 e. The monoisotopic (exact) mass is 448 g/mol. The van der Waals surface area contributed by atoms with Gasteiger partial charge in [0.05, 0.1) is 12.0 Å². The number of nitrogens with zero attached hydrogens (tertiary/aromatic N) is 2. The van der Waals surface area contributed by atoms with Crippen LogP contribution in [-0.2, 0) is 16.6 Å². The van der Waals surface area contributed by atoms with Gasteiger partial charge in [-0.3, -0.25) is 4.72 Å². The molecule has 31 heavy (non-hydrogen) atoms.